The lowest BCUT2D eigenvalue weighted by molar-refractivity contribution is 0.0729. The highest BCUT2D eigenvalue weighted by atomic mass is 32.1. The second-order valence-electron chi connectivity index (χ2n) is 7.94. The van der Waals surface area contributed by atoms with Gasteiger partial charge in [-0.05, 0) is 56.9 Å². The third kappa shape index (κ3) is 5.57. The number of nitrogens with zero attached hydrogens (tertiary/aromatic N) is 3. The molecule has 0 saturated carbocycles. The Hall–Kier alpha value is -3.10. The maximum absolute atomic E-state index is 13.3. The smallest absolute Gasteiger partial charge is 0.254 e. The van der Waals surface area contributed by atoms with Crippen LogP contribution in [-0.2, 0) is 13.2 Å². The summed E-state index contributed by atoms with van der Waals surface area (Å²) >= 11 is 1.54. The molecule has 0 unspecified atom stereocenters. The van der Waals surface area contributed by atoms with Crippen molar-refractivity contribution in [2.45, 2.75) is 20.1 Å². The van der Waals surface area contributed by atoms with Gasteiger partial charge >= 0.3 is 0 Å². The van der Waals surface area contributed by atoms with Crippen molar-refractivity contribution in [3.05, 3.63) is 69.7 Å². The largest absolute Gasteiger partial charge is 0.486 e. The predicted molar refractivity (Wildman–Crippen MR) is 123 cm³/mol. The molecule has 168 valence electrons. The van der Waals surface area contributed by atoms with E-state index in [1.54, 1.807) is 29.5 Å². The highest BCUT2D eigenvalue weighted by molar-refractivity contribution is 7.09. The number of aryl methyl sites for hydroxylation is 1. The highest BCUT2D eigenvalue weighted by Gasteiger charge is 2.21. The number of carbonyl (C=O) groups excluding carboxylic acids is 1. The Bertz CT molecular complexity index is 1080. The molecule has 0 spiro atoms. The minimum Gasteiger partial charge on any atom is -0.486 e. The molecule has 3 aromatic rings. The van der Waals surface area contributed by atoms with Crippen LogP contribution in [0.5, 0.6) is 17.2 Å². The van der Waals surface area contributed by atoms with Crippen LogP contribution in [-0.4, -0.2) is 54.7 Å². The fraction of sp³-hybridized carbons (Fsp3) is 0.333. The van der Waals surface area contributed by atoms with Crippen molar-refractivity contribution in [3.8, 4) is 17.2 Å². The van der Waals surface area contributed by atoms with E-state index in [0.29, 0.717) is 36.8 Å². The average molecular weight is 454 g/mol. The van der Waals surface area contributed by atoms with E-state index in [9.17, 15) is 4.79 Å². The van der Waals surface area contributed by atoms with Gasteiger partial charge in [-0.1, -0.05) is 12.1 Å². The van der Waals surface area contributed by atoms with Crippen molar-refractivity contribution >= 4 is 17.2 Å². The SMILES string of the molecule is Cc1cccc(OCc2nc(CN(CCN(C)C)C(=O)c3ccc4c(c3)OCO4)cs2)c1. The number of carbonyl (C=O) groups is 1. The first-order valence-electron chi connectivity index (χ1n) is 10.4. The van der Waals surface area contributed by atoms with E-state index in [-0.39, 0.29) is 12.7 Å². The monoisotopic (exact) mass is 453 g/mol. The van der Waals surface area contributed by atoms with Gasteiger partial charge in [-0.25, -0.2) is 4.98 Å². The van der Waals surface area contributed by atoms with Gasteiger partial charge in [0, 0.05) is 24.0 Å². The molecule has 0 aliphatic carbocycles. The molecular formula is C24H27N3O4S. The van der Waals surface area contributed by atoms with Gasteiger partial charge in [0.2, 0.25) is 6.79 Å². The van der Waals surface area contributed by atoms with Crippen LogP contribution in [0.4, 0.5) is 0 Å². The number of likely N-dealkylation sites (N-methyl/N-ethyl adjacent to an activating group) is 1. The molecule has 1 aliphatic rings. The van der Waals surface area contributed by atoms with E-state index >= 15 is 0 Å². The van der Waals surface area contributed by atoms with Crippen LogP contribution in [0.2, 0.25) is 0 Å². The fourth-order valence-corrected chi connectivity index (χ4v) is 4.02. The van der Waals surface area contributed by atoms with E-state index in [0.717, 1.165) is 28.6 Å². The molecule has 2 heterocycles. The Kier molecular flexibility index (Phi) is 6.92. The Labute approximate surface area is 192 Å². The maximum Gasteiger partial charge on any atom is 0.254 e. The molecule has 2 aromatic carbocycles. The predicted octanol–water partition coefficient (Wildman–Crippen LogP) is 3.96. The summed E-state index contributed by atoms with van der Waals surface area (Å²) in [4.78, 5) is 21.8. The van der Waals surface area contributed by atoms with Gasteiger partial charge in [0.15, 0.2) is 11.5 Å². The molecular weight excluding hydrogens is 426 g/mol. The zero-order valence-corrected chi connectivity index (χ0v) is 19.4. The molecule has 32 heavy (non-hydrogen) atoms. The van der Waals surface area contributed by atoms with Gasteiger partial charge in [-0.2, -0.15) is 0 Å². The Balaban J connectivity index is 1.43. The van der Waals surface area contributed by atoms with Gasteiger partial charge in [-0.15, -0.1) is 11.3 Å². The Morgan fingerprint density at radius 3 is 2.78 bits per heavy atom. The van der Waals surface area contributed by atoms with Crippen LogP contribution in [0.15, 0.2) is 47.8 Å². The summed E-state index contributed by atoms with van der Waals surface area (Å²) in [5.74, 6) is 2.04. The van der Waals surface area contributed by atoms with Gasteiger partial charge in [0.25, 0.3) is 5.91 Å². The molecule has 1 amide bonds. The molecule has 0 saturated heterocycles. The summed E-state index contributed by atoms with van der Waals surface area (Å²) in [7, 11) is 3.99. The summed E-state index contributed by atoms with van der Waals surface area (Å²) in [6.07, 6.45) is 0. The fourth-order valence-electron chi connectivity index (χ4n) is 3.32. The first-order valence-corrected chi connectivity index (χ1v) is 11.3. The topological polar surface area (TPSA) is 64.1 Å². The molecule has 0 radical (unpaired) electrons. The Morgan fingerprint density at radius 2 is 1.97 bits per heavy atom. The summed E-state index contributed by atoms with van der Waals surface area (Å²) in [6.45, 7) is 4.40. The number of rotatable bonds is 9. The second-order valence-corrected chi connectivity index (χ2v) is 8.88. The minimum absolute atomic E-state index is 0.0595. The van der Waals surface area contributed by atoms with Gasteiger partial charge in [0.05, 0.1) is 12.2 Å². The van der Waals surface area contributed by atoms with Crippen molar-refractivity contribution in [1.29, 1.82) is 0 Å². The minimum atomic E-state index is -0.0595. The van der Waals surface area contributed by atoms with E-state index in [1.165, 1.54) is 0 Å². The molecule has 0 N–H and O–H groups in total. The number of hydrogen-bond donors (Lipinski definition) is 0. The van der Waals surface area contributed by atoms with Crippen LogP contribution in [0, 0.1) is 6.92 Å². The highest BCUT2D eigenvalue weighted by Crippen LogP contribution is 2.33. The van der Waals surface area contributed by atoms with Crippen molar-refractivity contribution in [3.63, 3.8) is 0 Å². The van der Waals surface area contributed by atoms with Crippen molar-refractivity contribution in [1.82, 2.24) is 14.8 Å². The lowest BCUT2D eigenvalue weighted by Gasteiger charge is -2.24. The van der Waals surface area contributed by atoms with E-state index < -0.39 is 0 Å². The average Bonchev–Trinajstić information content (AvgIpc) is 3.43. The van der Waals surface area contributed by atoms with Crippen LogP contribution >= 0.6 is 11.3 Å². The van der Waals surface area contributed by atoms with Crippen LogP contribution < -0.4 is 14.2 Å². The van der Waals surface area contributed by atoms with Gasteiger partial charge in [0.1, 0.15) is 17.4 Å². The normalized spacial score (nSPS) is 12.2. The van der Waals surface area contributed by atoms with Crippen molar-refractivity contribution < 1.29 is 19.0 Å². The second kappa shape index (κ2) is 10.0. The quantitative estimate of drug-likeness (QED) is 0.489. The molecule has 1 aliphatic heterocycles. The molecule has 7 nitrogen and oxygen atoms in total. The molecule has 0 fully saturated rings. The Morgan fingerprint density at radius 1 is 1.12 bits per heavy atom. The van der Waals surface area contributed by atoms with Crippen LogP contribution in [0.25, 0.3) is 0 Å². The van der Waals surface area contributed by atoms with Crippen molar-refractivity contribution in [2.75, 3.05) is 34.0 Å². The molecule has 8 heteroatoms. The molecule has 4 rings (SSSR count). The summed E-state index contributed by atoms with van der Waals surface area (Å²) in [6, 6.07) is 13.3. The molecule has 0 atom stereocenters. The lowest BCUT2D eigenvalue weighted by atomic mass is 10.1. The number of benzene rings is 2. The number of thiazole rings is 1. The third-order valence-corrected chi connectivity index (χ3v) is 5.90. The first kappa shape index (κ1) is 22.1. The standard InChI is InChI=1S/C24H27N3O4S/c1-17-5-4-6-20(11-17)29-14-23-25-19(15-32-23)13-27(10-9-26(2)3)24(28)18-7-8-21-22(12-18)31-16-30-21/h4-8,11-12,15H,9-10,13-14,16H2,1-3H3. The van der Waals surface area contributed by atoms with E-state index in [1.807, 2.05) is 55.6 Å². The number of fused-ring (bicyclic) bond motifs is 1. The summed E-state index contributed by atoms with van der Waals surface area (Å²) in [5, 5.41) is 2.87. The number of hydrogen-bond acceptors (Lipinski definition) is 7. The van der Waals surface area contributed by atoms with Gasteiger partial charge < -0.3 is 24.0 Å². The van der Waals surface area contributed by atoms with E-state index in [2.05, 4.69) is 9.88 Å². The maximum atomic E-state index is 13.3. The first-order chi connectivity index (χ1) is 15.5. The number of aromatic nitrogens is 1. The van der Waals surface area contributed by atoms with Crippen molar-refractivity contribution in [2.24, 2.45) is 0 Å². The number of ether oxygens (including phenoxy) is 3. The van der Waals surface area contributed by atoms with E-state index in [4.69, 9.17) is 14.2 Å². The molecule has 1 aromatic heterocycles. The summed E-state index contributed by atoms with van der Waals surface area (Å²) in [5.41, 5.74) is 2.58. The van der Waals surface area contributed by atoms with Crippen LogP contribution in [0.1, 0.15) is 26.6 Å². The molecule has 0 bridgehead atoms. The van der Waals surface area contributed by atoms with Crippen LogP contribution in [0.3, 0.4) is 0 Å². The third-order valence-electron chi connectivity index (χ3n) is 5.03. The zero-order chi connectivity index (χ0) is 22.5. The zero-order valence-electron chi connectivity index (χ0n) is 18.5. The summed E-state index contributed by atoms with van der Waals surface area (Å²) < 4.78 is 16.7. The number of amides is 1. The lowest BCUT2D eigenvalue weighted by Crippen LogP contribution is -2.36. The van der Waals surface area contributed by atoms with Gasteiger partial charge in [-0.3, -0.25) is 4.79 Å².